The lowest BCUT2D eigenvalue weighted by atomic mass is 9.92. The van der Waals surface area contributed by atoms with Crippen LogP contribution in [0.4, 0.5) is 0 Å². The molecule has 2 bridgehead atoms. The van der Waals surface area contributed by atoms with E-state index in [1.165, 1.54) is 4.90 Å². The van der Waals surface area contributed by atoms with E-state index in [1.807, 2.05) is 30.3 Å². The fourth-order valence-corrected chi connectivity index (χ4v) is 3.64. The zero-order chi connectivity index (χ0) is 15.5. The van der Waals surface area contributed by atoms with Crippen molar-refractivity contribution in [3.63, 3.8) is 0 Å². The van der Waals surface area contributed by atoms with Gasteiger partial charge in [0.05, 0.1) is 0 Å². The molecule has 2 aliphatic carbocycles. The first kappa shape index (κ1) is 14.8. The quantitative estimate of drug-likeness (QED) is 0.820. The molecule has 22 heavy (non-hydrogen) atoms. The molecular weight excluding hydrogens is 278 g/mol. The number of carboxylic acid groups (broad SMARTS) is 1. The average molecular weight is 299 g/mol. The largest absolute Gasteiger partial charge is 0.480 e. The molecule has 1 N–H and O–H groups in total. The summed E-state index contributed by atoms with van der Waals surface area (Å²) in [5, 5.41) is 9.10. The number of rotatable bonds is 6. The van der Waals surface area contributed by atoms with Gasteiger partial charge in [-0.3, -0.25) is 9.59 Å². The molecule has 2 aliphatic rings. The third-order valence-corrected chi connectivity index (χ3v) is 4.75. The second-order valence-corrected chi connectivity index (χ2v) is 6.28. The summed E-state index contributed by atoms with van der Waals surface area (Å²) in [6.07, 6.45) is 6.95. The van der Waals surface area contributed by atoms with Gasteiger partial charge >= 0.3 is 5.97 Å². The molecule has 0 spiro atoms. The second kappa shape index (κ2) is 6.34. The predicted octanol–water partition coefficient (Wildman–Crippen LogP) is 2.35. The molecule has 1 amide bonds. The summed E-state index contributed by atoms with van der Waals surface area (Å²) in [7, 11) is 0. The van der Waals surface area contributed by atoms with Gasteiger partial charge in [-0.25, -0.2) is 0 Å². The van der Waals surface area contributed by atoms with Crippen LogP contribution in [-0.2, 0) is 16.0 Å². The van der Waals surface area contributed by atoms with Crippen molar-refractivity contribution in [2.24, 2.45) is 17.8 Å². The van der Waals surface area contributed by atoms with E-state index in [2.05, 4.69) is 12.2 Å². The van der Waals surface area contributed by atoms with Crippen LogP contribution in [0.5, 0.6) is 0 Å². The molecule has 116 valence electrons. The predicted molar refractivity (Wildman–Crippen MR) is 83.2 cm³/mol. The number of carbonyl (C=O) groups is 2. The smallest absolute Gasteiger partial charge is 0.323 e. The van der Waals surface area contributed by atoms with Crippen molar-refractivity contribution in [2.75, 3.05) is 13.1 Å². The van der Waals surface area contributed by atoms with Gasteiger partial charge < -0.3 is 10.0 Å². The molecule has 0 saturated heterocycles. The molecule has 4 heteroatoms. The number of hydrogen-bond donors (Lipinski definition) is 1. The fraction of sp³-hybridized carbons (Fsp3) is 0.444. The van der Waals surface area contributed by atoms with Crippen LogP contribution in [0.15, 0.2) is 42.5 Å². The Balaban J connectivity index is 1.65. The van der Waals surface area contributed by atoms with Gasteiger partial charge in [-0.05, 0) is 36.7 Å². The van der Waals surface area contributed by atoms with E-state index in [9.17, 15) is 9.59 Å². The van der Waals surface area contributed by atoms with E-state index < -0.39 is 5.97 Å². The summed E-state index contributed by atoms with van der Waals surface area (Å²) in [4.78, 5) is 25.3. The first-order chi connectivity index (χ1) is 10.6. The number of allylic oxidation sites excluding steroid dienone is 2. The Labute approximate surface area is 130 Å². The third kappa shape index (κ3) is 3.21. The molecule has 0 aromatic heterocycles. The third-order valence-electron chi connectivity index (χ3n) is 4.75. The van der Waals surface area contributed by atoms with Gasteiger partial charge in [-0.15, -0.1) is 0 Å². The van der Waals surface area contributed by atoms with Crippen molar-refractivity contribution < 1.29 is 14.7 Å². The molecule has 0 aliphatic heterocycles. The van der Waals surface area contributed by atoms with Crippen molar-refractivity contribution in [3.05, 3.63) is 48.0 Å². The van der Waals surface area contributed by atoms with Gasteiger partial charge in [0.15, 0.2) is 0 Å². The minimum atomic E-state index is -0.944. The highest BCUT2D eigenvalue weighted by atomic mass is 16.4. The summed E-state index contributed by atoms with van der Waals surface area (Å²) in [6, 6.07) is 9.87. The van der Waals surface area contributed by atoms with Crippen LogP contribution in [0, 0.1) is 17.8 Å². The minimum absolute atomic E-state index is 0.00943. The monoisotopic (exact) mass is 299 g/mol. The lowest BCUT2D eigenvalue weighted by Crippen LogP contribution is -2.42. The number of fused-ring (bicyclic) bond motifs is 2. The molecular formula is C18H21NO3. The number of amides is 1. The number of benzene rings is 1. The minimum Gasteiger partial charge on any atom is -0.480 e. The summed E-state index contributed by atoms with van der Waals surface area (Å²) in [5.41, 5.74) is 1.12. The summed E-state index contributed by atoms with van der Waals surface area (Å²) >= 11 is 0. The maximum Gasteiger partial charge on any atom is 0.323 e. The topological polar surface area (TPSA) is 57.6 Å². The zero-order valence-electron chi connectivity index (χ0n) is 12.5. The van der Waals surface area contributed by atoms with Crippen molar-refractivity contribution in [1.29, 1.82) is 0 Å². The highest BCUT2D eigenvalue weighted by Crippen LogP contribution is 2.44. The van der Waals surface area contributed by atoms with Gasteiger partial charge in [0, 0.05) is 12.5 Å². The Morgan fingerprint density at radius 1 is 1.14 bits per heavy atom. The summed E-state index contributed by atoms with van der Waals surface area (Å²) < 4.78 is 0. The maximum atomic E-state index is 12.7. The summed E-state index contributed by atoms with van der Waals surface area (Å²) in [6.45, 7) is 0.260. The van der Waals surface area contributed by atoms with E-state index in [1.54, 1.807) is 0 Å². The number of carbonyl (C=O) groups excluding carboxylic acids is 1. The van der Waals surface area contributed by atoms with Crippen molar-refractivity contribution in [2.45, 2.75) is 19.3 Å². The van der Waals surface area contributed by atoms with E-state index in [4.69, 9.17) is 5.11 Å². The van der Waals surface area contributed by atoms with E-state index in [-0.39, 0.29) is 18.4 Å². The van der Waals surface area contributed by atoms with Crippen LogP contribution in [0.2, 0.25) is 0 Å². The van der Waals surface area contributed by atoms with Gasteiger partial charge in [0.2, 0.25) is 5.91 Å². The summed E-state index contributed by atoms with van der Waals surface area (Å²) in [5.74, 6) is -0.134. The van der Waals surface area contributed by atoms with Crippen LogP contribution in [0.1, 0.15) is 18.4 Å². The molecule has 0 radical (unpaired) electrons. The first-order valence-corrected chi connectivity index (χ1v) is 7.86. The Bertz CT molecular complexity index is 581. The lowest BCUT2D eigenvalue weighted by molar-refractivity contribution is -0.146. The Morgan fingerprint density at radius 3 is 2.50 bits per heavy atom. The van der Waals surface area contributed by atoms with Gasteiger partial charge in [-0.1, -0.05) is 42.5 Å². The molecule has 1 aromatic carbocycles. The van der Waals surface area contributed by atoms with E-state index >= 15 is 0 Å². The molecule has 4 nitrogen and oxygen atoms in total. The molecule has 1 aromatic rings. The Kier molecular flexibility index (Phi) is 4.27. The number of nitrogens with zero attached hydrogens (tertiary/aromatic N) is 1. The first-order valence-electron chi connectivity index (χ1n) is 7.86. The van der Waals surface area contributed by atoms with Crippen LogP contribution >= 0.6 is 0 Å². The highest BCUT2D eigenvalue weighted by Gasteiger charge is 2.41. The van der Waals surface area contributed by atoms with Gasteiger partial charge in [0.1, 0.15) is 6.54 Å². The van der Waals surface area contributed by atoms with Crippen LogP contribution in [0.25, 0.3) is 0 Å². The zero-order valence-corrected chi connectivity index (χ0v) is 12.5. The van der Waals surface area contributed by atoms with Crippen LogP contribution in [-0.4, -0.2) is 35.0 Å². The van der Waals surface area contributed by atoms with Gasteiger partial charge in [-0.2, -0.15) is 0 Å². The Morgan fingerprint density at radius 2 is 1.91 bits per heavy atom. The number of carboxylic acids is 1. The van der Waals surface area contributed by atoms with E-state index in [0.29, 0.717) is 24.8 Å². The Hall–Kier alpha value is -2.10. The van der Waals surface area contributed by atoms with Crippen LogP contribution in [0.3, 0.4) is 0 Å². The van der Waals surface area contributed by atoms with Crippen molar-refractivity contribution >= 4 is 11.9 Å². The van der Waals surface area contributed by atoms with Crippen LogP contribution < -0.4 is 0 Å². The SMILES string of the molecule is O=C(O)CN(CCc1ccccc1)C(=O)C1CC2C=CC1C2. The van der Waals surface area contributed by atoms with Crippen molar-refractivity contribution in [1.82, 2.24) is 4.90 Å². The number of aliphatic carboxylic acids is 1. The molecule has 1 saturated carbocycles. The molecule has 1 fully saturated rings. The molecule has 0 heterocycles. The van der Waals surface area contributed by atoms with Crippen molar-refractivity contribution in [3.8, 4) is 0 Å². The average Bonchev–Trinajstić information content (AvgIpc) is 3.14. The molecule has 3 rings (SSSR count). The molecule has 3 unspecified atom stereocenters. The highest BCUT2D eigenvalue weighted by molar-refractivity contribution is 5.84. The molecule has 3 atom stereocenters. The normalized spacial score (nSPS) is 25.4. The standard InChI is InChI=1S/C18H21NO3/c20-17(21)12-19(9-8-13-4-2-1-3-5-13)18(22)16-11-14-6-7-15(16)10-14/h1-7,14-16H,8-12H2,(H,20,21). The maximum absolute atomic E-state index is 12.7. The second-order valence-electron chi connectivity index (χ2n) is 6.28. The van der Waals surface area contributed by atoms with E-state index in [0.717, 1.165) is 18.4 Å². The van der Waals surface area contributed by atoms with Gasteiger partial charge in [0.25, 0.3) is 0 Å². The lowest BCUT2D eigenvalue weighted by Gasteiger charge is -2.27. The number of hydrogen-bond acceptors (Lipinski definition) is 2. The fourth-order valence-electron chi connectivity index (χ4n) is 3.64.